The Balaban J connectivity index is 1.88. The highest BCUT2D eigenvalue weighted by Crippen LogP contribution is 2.31. The lowest BCUT2D eigenvalue weighted by Crippen LogP contribution is -2.02. The summed E-state index contributed by atoms with van der Waals surface area (Å²) in [5.41, 5.74) is 1.57. The van der Waals surface area contributed by atoms with Crippen LogP contribution in [0.4, 0.5) is 4.39 Å². The number of benzene rings is 2. The van der Waals surface area contributed by atoms with Crippen LogP contribution in [0.2, 0.25) is 0 Å². The maximum absolute atomic E-state index is 13.1. The fraction of sp³-hybridized carbons (Fsp3) is 0.250. The Morgan fingerprint density at radius 3 is 2.75 bits per heavy atom. The molecule has 0 aliphatic rings. The average Bonchev–Trinajstić information content (AvgIpc) is 3.05. The van der Waals surface area contributed by atoms with Crippen LogP contribution in [0.3, 0.4) is 0 Å². The summed E-state index contributed by atoms with van der Waals surface area (Å²) in [6.45, 7) is 2.34. The molecule has 0 saturated heterocycles. The Bertz CT molecular complexity index is 1010. The fourth-order valence-electron chi connectivity index (χ4n) is 2.63. The van der Waals surface area contributed by atoms with Gasteiger partial charge in [0.25, 0.3) is 0 Å². The molecule has 3 rings (SSSR count). The van der Waals surface area contributed by atoms with E-state index in [0.717, 1.165) is 29.8 Å². The Morgan fingerprint density at radius 2 is 2.04 bits per heavy atom. The number of halogens is 1. The molecule has 0 radical (unpaired) electrons. The Morgan fingerprint density at radius 1 is 1.25 bits per heavy atom. The molecule has 1 aromatic heterocycles. The summed E-state index contributed by atoms with van der Waals surface area (Å²) < 4.78 is 26.5. The molecule has 146 valence electrons. The van der Waals surface area contributed by atoms with Crippen molar-refractivity contribution >= 4 is 18.4 Å². The van der Waals surface area contributed by atoms with E-state index in [1.165, 1.54) is 12.1 Å². The highest BCUT2D eigenvalue weighted by molar-refractivity contribution is 7.71. The number of aromatic amines is 1. The second-order valence-electron chi connectivity index (χ2n) is 6.05. The van der Waals surface area contributed by atoms with Crippen LogP contribution in [0, 0.1) is 10.6 Å². The van der Waals surface area contributed by atoms with Crippen LogP contribution in [-0.4, -0.2) is 28.2 Å². The van der Waals surface area contributed by atoms with Crippen LogP contribution < -0.4 is 9.47 Å². The molecule has 0 aliphatic heterocycles. The van der Waals surface area contributed by atoms with E-state index in [4.69, 9.17) is 21.7 Å². The second kappa shape index (κ2) is 9.27. The van der Waals surface area contributed by atoms with Gasteiger partial charge < -0.3 is 9.47 Å². The first kappa shape index (κ1) is 19.8. The Labute approximate surface area is 167 Å². The van der Waals surface area contributed by atoms with Crippen molar-refractivity contribution in [1.82, 2.24) is 14.9 Å². The number of aryl methyl sites for hydroxylation is 1. The summed E-state index contributed by atoms with van der Waals surface area (Å²) in [4.78, 5) is 0. The lowest BCUT2D eigenvalue weighted by Gasteiger charge is -2.13. The minimum absolute atomic E-state index is 0.272. The van der Waals surface area contributed by atoms with Crippen molar-refractivity contribution in [1.29, 1.82) is 0 Å². The zero-order chi connectivity index (χ0) is 19.9. The van der Waals surface area contributed by atoms with Gasteiger partial charge in [-0.2, -0.15) is 14.9 Å². The molecule has 8 heteroatoms. The lowest BCUT2D eigenvalue weighted by atomic mass is 10.2. The third-order valence-corrected chi connectivity index (χ3v) is 4.29. The number of aromatic nitrogens is 3. The Hall–Kier alpha value is -3.00. The lowest BCUT2D eigenvalue weighted by molar-refractivity contribution is 0.284. The first-order chi connectivity index (χ1) is 13.6. The molecule has 0 spiro atoms. The normalized spacial score (nSPS) is 11.1. The van der Waals surface area contributed by atoms with Crippen molar-refractivity contribution in [2.45, 2.75) is 26.4 Å². The van der Waals surface area contributed by atoms with Gasteiger partial charge in [0.2, 0.25) is 4.77 Å². The van der Waals surface area contributed by atoms with Crippen molar-refractivity contribution in [3.63, 3.8) is 0 Å². The van der Waals surface area contributed by atoms with Crippen LogP contribution in [0.25, 0.3) is 0 Å². The first-order valence-electron chi connectivity index (χ1n) is 8.87. The van der Waals surface area contributed by atoms with Gasteiger partial charge in [-0.25, -0.2) is 4.39 Å². The van der Waals surface area contributed by atoms with Crippen molar-refractivity contribution in [3.05, 3.63) is 70.0 Å². The molecule has 0 aliphatic carbocycles. The van der Waals surface area contributed by atoms with Crippen LogP contribution in [0.5, 0.6) is 11.5 Å². The van der Waals surface area contributed by atoms with E-state index in [-0.39, 0.29) is 12.4 Å². The number of ether oxygens (including phenoxy) is 2. The minimum Gasteiger partial charge on any atom is -0.493 e. The van der Waals surface area contributed by atoms with Gasteiger partial charge in [-0.15, -0.1) is 0 Å². The third kappa shape index (κ3) is 4.64. The zero-order valence-corrected chi connectivity index (χ0v) is 16.5. The summed E-state index contributed by atoms with van der Waals surface area (Å²) in [6, 6.07) is 11.7. The second-order valence-corrected chi connectivity index (χ2v) is 6.43. The zero-order valence-electron chi connectivity index (χ0n) is 15.7. The molecule has 1 heterocycles. The van der Waals surface area contributed by atoms with Crippen molar-refractivity contribution < 1.29 is 13.9 Å². The highest BCUT2D eigenvalue weighted by atomic mass is 32.1. The molecule has 0 bridgehead atoms. The molecule has 1 N–H and O–H groups in total. The monoisotopic (exact) mass is 400 g/mol. The first-order valence-corrected chi connectivity index (χ1v) is 9.28. The number of para-hydroxylation sites is 1. The summed E-state index contributed by atoms with van der Waals surface area (Å²) in [7, 11) is 1.58. The van der Waals surface area contributed by atoms with E-state index in [0.29, 0.717) is 16.3 Å². The van der Waals surface area contributed by atoms with Gasteiger partial charge in [0.15, 0.2) is 17.3 Å². The van der Waals surface area contributed by atoms with Gasteiger partial charge >= 0.3 is 0 Å². The predicted molar refractivity (Wildman–Crippen MR) is 108 cm³/mol. The molecular formula is C20H21FN4O2S. The van der Waals surface area contributed by atoms with Crippen molar-refractivity contribution in [3.8, 4) is 11.5 Å². The van der Waals surface area contributed by atoms with E-state index in [1.54, 1.807) is 30.1 Å². The quantitative estimate of drug-likeness (QED) is 0.447. The summed E-state index contributed by atoms with van der Waals surface area (Å²) in [5.74, 6) is 1.61. The highest BCUT2D eigenvalue weighted by Gasteiger charge is 2.11. The van der Waals surface area contributed by atoms with Gasteiger partial charge in [0, 0.05) is 12.0 Å². The third-order valence-electron chi connectivity index (χ3n) is 4.03. The summed E-state index contributed by atoms with van der Waals surface area (Å²) >= 11 is 5.25. The van der Waals surface area contributed by atoms with E-state index < -0.39 is 0 Å². The van der Waals surface area contributed by atoms with Crippen LogP contribution in [-0.2, 0) is 13.0 Å². The summed E-state index contributed by atoms with van der Waals surface area (Å²) in [5, 5.41) is 11.4. The van der Waals surface area contributed by atoms with Crippen LogP contribution >= 0.6 is 12.2 Å². The van der Waals surface area contributed by atoms with Gasteiger partial charge in [-0.1, -0.05) is 25.1 Å². The molecule has 3 aromatic rings. The molecule has 0 atom stereocenters. The molecule has 0 fully saturated rings. The molecule has 28 heavy (non-hydrogen) atoms. The van der Waals surface area contributed by atoms with Gasteiger partial charge in [-0.3, -0.25) is 5.10 Å². The molecule has 2 aromatic carbocycles. The number of hydrogen-bond acceptors (Lipinski definition) is 5. The minimum atomic E-state index is -0.284. The summed E-state index contributed by atoms with van der Waals surface area (Å²) in [6.07, 6.45) is 3.35. The van der Waals surface area contributed by atoms with Gasteiger partial charge in [0.05, 0.1) is 13.3 Å². The van der Waals surface area contributed by atoms with Crippen LogP contribution in [0.1, 0.15) is 30.3 Å². The van der Waals surface area contributed by atoms with E-state index in [1.807, 2.05) is 18.2 Å². The molecule has 6 nitrogen and oxygen atoms in total. The smallest absolute Gasteiger partial charge is 0.216 e. The Kier molecular flexibility index (Phi) is 6.54. The average molecular weight is 400 g/mol. The number of hydrogen-bond donors (Lipinski definition) is 1. The van der Waals surface area contributed by atoms with E-state index >= 15 is 0 Å². The van der Waals surface area contributed by atoms with Crippen molar-refractivity contribution in [2.75, 3.05) is 7.11 Å². The predicted octanol–water partition coefficient (Wildman–Crippen LogP) is 4.50. The van der Waals surface area contributed by atoms with Crippen LogP contribution in [0.15, 0.2) is 47.6 Å². The number of methoxy groups -OCH3 is 1. The van der Waals surface area contributed by atoms with Gasteiger partial charge in [0.1, 0.15) is 12.4 Å². The molecule has 0 saturated carbocycles. The largest absolute Gasteiger partial charge is 0.493 e. The van der Waals surface area contributed by atoms with Gasteiger partial charge in [-0.05, 0) is 48.5 Å². The standard InChI is InChI=1S/C20H21FN4O2S/c1-3-5-18-23-24-20(28)25(18)22-12-15-6-4-7-17(26-2)19(15)27-13-14-8-10-16(21)11-9-14/h4,6-12H,3,5,13H2,1-2H3,(H,24,28)/b22-12+. The number of nitrogens with one attached hydrogen (secondary N) is 1. The number of H-pyrrole nitrogens is 1. The maximum Gasteiger partial charge on any atom is 0.216 e. The number of rotatable bonds is 8. The number of nitrogens with zero attached hydrogens (tertiary/aromatic N) is 3. The molecule has 0 amide bonds. The van der Waals surface area contributed by atoms with Crippen molar-refractivity contribution in [2.24, 2.45) is 5.10 Å². The fourth-order valence-corrected chi connectivity index (χ4v) is 2.83. The maximum atomic E-state index is 13.1. The molecular weight excluding hydrogens is 379 g/mol. The topological polar surface area (TPSA) is 64.4 Å². The molecule has 0 unspecified atom stereocenters. The SMILES string of the molecule is CCCc1n[nH]c(=S)n1/N=C/c1cccc(OC)c1OCc1ccc(F)cc1. The van der Waals surface area contributed by atoms with E-state index in [2.05, 4.69) is 22.2 Å². The van der Waals surface area contributed by atoms with E-state index in [9.17, 15) is 4.39 Å².